The molecule has 2 aromatic heterocycles. The maximum Gasteiger partial charge on any atom is 0.300 e. The van der Waals surface area contributed by atoms with Gasteiger partial charge in [-0.05, 0) is 29.8 Å². The van der Waals surface area contributed by atoms with Crippen molar-refractivity contribution in [2.24, 2.45) is 0 Å². The van der Waals surface area contributed by atoms with Gasteiger partial charge >= 0.3 is 5.56 Å². The molecule has 9 nitrogen and oxygen atoms in total. The Morgan fingerprint density at radius 1 is 1.21 bits per heavy atom. The molecule has 152 valence electrons. The Balaban J connectivity index is 1.95. The van der Waals surface area contributed by atoms with E-state index in [-0.39, 0.29) is 17.1 Å². The van der Waals surface area contributed by atoms with Gasteiger partial charge in [0.25, 0.3) is 5.91 Å². The van der Waals surface area contributed by atoms with Crippen LogP contribution in [-0.2, 0) is 16.6 Å². The Bertz CT molecular complexity index is 1250. The lowest BCUT2D eigenvalue weighted by Gasteiger charge is -2.13. The number of aromatic hydroxyl groups is 1. The number of nitrogens with one attached hydrogen (secondary N) is 1. The highest BCUT2D eigenvalue weighted by Crippen LogP contribution is 2.16. The number of aromatic nitrogens is 2. The van der Waals surface area contributed by atoms with E-state index in [2.05, 4.69) is 10.3 Å². The largest absolute Gasteiger partial charge is 0.501 e. The fourth-order valence-electron chi connectivity index (χ4n) is 2.50. The van der Waals surface area contributed by atoms with E-state index in [1.54, 1.807) is 0 Å². The summed E-state index contributed by atoms with van der Waals surface area (Å²) in [5.74, 6) is -2.15. The van der Waals surface area contributed by atoms with E-state index in [4.69, 9.17) is 0 Å². The minimum absolute atomic E-state index is 0.0163. The summed E-state index contributed by atoms with van der Waals surface area (Å²) >= 11 is 0. The van der Waals surface area contributed by atoms with Gasteiger partial charge < -0.3 is 10.4 Å². The number of benzene rings is 1. The van der Waals surface area contributed by atoms with Crippen LogP contribution in [0, 0.1) is 5.82 Å². The van der Waals surface area contributed by atoms with Crippen LogP contribution in [0.15, 0.2) is 52.3 Å². The SMILES string of the molecule is CN(C)S(=O)(=O)c1ccc2nc(C(=O)NCc3ccc(F)cc3)c(O)c(=O)n2c1. The van der Waals surface area contributed by atoms with Gasteiger partial charge in [0, 0.05) is 26.8 Å². The molecule has 0 bridgehead atoms. The van der Waals surface area contributed by atoms with Gasteiger partial charge in [0.2, 0.25) is 15.8 Å². The molecule has 0 aliphatic carbocycles. The molecule has 0 saturated heterocycles. The van der Waals surface area contributed by atoms with Crippen LogP contribution in [0.5, 0.6) is 5.75 Å². The summed E-state index contributed by atoms with van der Waals surface area (Å²) in [6, 6.07) is 7.93. The van der Waals surface area contributed by atoms with Gasteiger partial charge in [-0.15, -0.1) is 0 Å². The van der Waals surface area contributed by atoms with Crippen LogP contribution in [0.25, 0.3) is 5.65 Å². The number of rotatable bonds is 5. The van der Waals surface area contributed by atoms with Gasteiger partial charge in [-0.2, -0.15) is 0 Å². The number of nitrogens with zero attached hydrogens (tertiary/aromatic N) is 3. The molecule has 0 spiro atoms. The number of fused-ring (bicyclic) bond motifs is 1. The number of carbonyl (C=O) groups is 1. The lowest BCUT2D eigenvalue weighted by atomic mass is 10.2. The van der Waals surface area contributed by atoms with Crippen molar-refractivity contribution >= 4 is 21.6 Å². The van der Waals surface area contributed by atoms with Crippen molar-refractivity contribution in [3.05, 3.63) is 70.0 Å². The van der Waals surface area contributed by atoms with E-state index in [0.29, 0.717) is 5.56 Å². The van der Waals surface area contributed by atoms with Crippen molar-refractivity contribution in [3.63, 3.8) is 0 Å². The van der Waals surface area contributed by atoms with Gasteiger partial charge in [-0.25, -0.2) is 22.1 Å². The van der Waals surface area contributed by atoms with Crippen LogP contribution in [0.1, 0.15) is 16.1 Å². The van der Waals surface area contributed by atoms with Crippen molar-refractivity contribution in [2.45, 2.75) is 11.4 Å². The van der Waals surface area contributed by atoms with Crippen molar-refractivity contribution in [2.75, 3.05) is 14.1 Å². The van der Waals surface area contributed by atoms with Crippen LogP contribution in [-0.4, -0.2) is 47.2 Å². The van der Waals surface area contributed by atoms with E-state index in [1.807, 2.05) is 0 Å². The molecule has 0 saturated carbocycles. The second-order valence-corrected chi connectivity index (χ2v) is 8.46. The number of pyridine rings is 1. The number of hydrogen-bond donors (Lipinski definition) is 2. The van der Waals surface area contributed by atoms with Crippen molar-refractivity contribution < 1.29 is 22.7 Å². The van der Waals surface area contributed by atoms with Gasteiger partial charge in [0.05, 0.1) is 4.90 Å². The molecular formula is C18H17FN4O5S. The maximum absolute atomic E-state index is 12.9. The van der Waals surface area contributed by atoms with Gasteiger partial charge in [0.1, 0.15) is 11.5 Å². The molecule has 1 amide bonds. The van der Waals surface area contributed by atoms with E-state index < -0.39 is 38.8 Å². The van der Waals surface area contributed by atoms with E-state index in [0.717, 1.165) is 14.9 Å². The van der Waals surface area contributed by atoms with Crippen LogP contribution in [0.4, 0.5) is 4.39 Å². The average Bonchev–Trinajstić information content (AvgIpc) is 2.69. The third-order valence-electron chi connectivity index (χ3n) is 4.13. The molecule has 1 aromatic carbocycles. The van der Waals surface area contributed by atoms with Gasteiger partial charge in [-0.3, -0.25) is 14.0 Å². The van der Waals surface area contributed by atoms with Crippen molar-refractivity contribution in [1.29, 1.82) is 0 Å². The number of amides is 1. The fraction of sp³-hybridized carbons (Fsp3) is 0.167. The zero-order chi connectivity index (χ0) is 21.3. The highest BCUT2D eigenvalue weighted by atomic mass is 32.2. The third-order valence-corrected chi connectivity index (χ3v) is 5.93. The Kier molecular flexibility index (Phi) is 5.36. The normalized spacial score (nSPS) is 11.7. The predicted molar refractivity (Wildman–Crippen MR) is 102 cm³/mol. The zero-order valence-corrected chi connectivity index (χ0v) is 16.3. The number of sulfonamides is 1. The molecule has 0 fully saturated rings. The summed E-state index contributed by atoms with van der Waals surface area (Å²) in [4.78, 5) is 28.6. The summed E-state index contributed by atoms with van der Waals surface area (Å²) in [5.41, 5.74) is -0.897. The van der Waals surface area contributed by atoms with Crippen molar-refractivity contribution in [3.8, 4) is 5.75 Å². The first-order valence-corrected chi connectivity index (χ1v) is 9.76. The van der Waals surface area contributed by atoms with E-state index in [9.17, 15) is 27.5 Å². The fourth-order valence-corrected chi connectivity index (χ4v) is 3.40. The zero-order valence-electron chi connectivity index (χ0n) is 15.5. The molecule has 11 heteroatoms. The summed E-state index contributed by atoms with van der Waals surface area (Å²) in [7, 11) is -1.13. The van der Waals surface area contributed by atoms with E-state index in [1.165, 1.54) is 50.5 Å². The Morgan fingerprint density at radius 2 is 1.86 bits per heavy atom. The van der Waals surface area contributed by atoms with Crippen LogP contribution in [0.2, 0.25) is 0 Å². The minimum Gasteiger partial charge on any atom is -0.501 e. The predicted octanol–water partition coefficient (Wildman–Crippen LogP) is 0.719. The second kappa shape index (κ2) is 7.60. The lowest BCUT2D eigenvalue weighted by molar-refractivity contribution is 0.0942. The number of hydrogen-bond acceptors (Lipinski definition) is 6. The Hall–Kier alpha value is -3.31. The second-order valence-electron chi connectivity index (χ2n) is 6.30. The Labute approximate surface area is 165 Å². The maximum atomic E-state index is 12.9. The molecule has 0 atom stereocenters. The van der Waals surface area contributed by atoms with E-state index >= 15 is 0 Å². The monoisotopic (exact) mass is 420 g/mol. The summed E-state index contributed by atoms with van der Waals surface area (Å²) in [6.45, 7) is 0.0274. The third kappa shape index (κ3) is 3.96. The summed E-state index contributed by atoms with van der Waals surface area (Å²) < 4.78 is 39.2. The molecule has 0 aliphatic heterocycles. The van der Waals surface area contributed by atoms with Gasteiger partial charge in [0.15, 0.2) is 5.69 Å². The van der Waals surface area contributed by atoms with Crippen LogP contribution >= 0.6 is 0 Å². The number of carbonyl (C=O) groups excluding carboxylic acids is 1. The molecular weight excluding hydrogens is 403 g/mol. The Morgan fingerprint density at radius 3 is 2.48 bits per heavy atom. The average molecular weight is 420 g/mol. The molecule has 0 radical (unpaired) electrons. The first-order valence-electron chi connectivity index (χ1n) is 8.32. The smallest absolute Gasteiger partial charge is 0.300 e. The molecule has 29 heavy (non-hydrogen) atoms. The lowest BCUT2D eigenvalue weighted by Crippen LogP contribution is -2.28. The number of halogens is 1. The first kappa shape index (κ1) is 20.4. The van der Waals surface area contributed by atoms with Crippen LogP contribution < -0.4 is 10.9 Å². The standard InChI is InChI=1S/C18H17FN4O5S/c1-22(2)29(27,28)13-7-8-14-21-15(16(24)18(26)23(14)10-13)17(25)20-9-11-3-5-12(19)6-4-11/h3-8,10,24H,9H2,1-2H3,(H,20,25). The molecule has 2 N–H and O–H groups in total. The summed E-state index contributed by atoms with van der Waals surface area (Å²) in [6.07, 6.45) is 1.03. The molecule has 0 unspecified atom stereocenters. The molecule has 3 rings (SSSR count). The highest BCUT2D eigenvalue weighted by molar-refractivity contribution is 7.89. The highest BCUT2D eigenvalue weighted by Gasteiger charge is 2.22. The first-order chi connectivity index (χ1) is 13.6. The minimum atomic E-state index is -3.81. The molecule has 2 heterocycles. The quantitative estimate of drug-likeness (QED) is 0.627. The van der Waals surface area contributed by atoms with Crippen LogP contribution in [0.3, 0.4) is 0 Å². The van der Waals surface area contributed by atoms with Crippen molar-refractivity contribution in [1.82, 2.24) is 19.0 Å². The molecule has 0 aliphatic rings. The topological polar surface area (TPSA) is 121 Å². The summed E-state index contributed by atoms with van der Waals surface area (Å²) in [5, 5.41) is 12.6. The van der Waals surface area contributed by atoms with Gasteiger partial charge in [-0.1, -0.05) is 12.1 Å². The molecule has 3 aromatic rings.